The van der Waals surface area contributed by atoms with Crippen molar-refractivity contribution < 1.29 is 14.6 Å². The molecule has 1 heterocycles. The highest BCUT2D eigenvalue weighted by Gasteiger charge is 2.43. The summed E-state index contributed by atoms with van der Waals surface area (Å²) in [5.74, 6) is -1.06. The minimum atomic E-state index is -0.708. The van der Waals surface area contributed by atoms with E-state index in [1.54, 1.807) is 0 Å². The van der Waals surface area contributed by atoms with E-state index in [0.29, 0.717) is 24.7 Å². The van der Waals surface area contributed by atoms with Crippen molar-refractivity contribution in [3.8, 4) is 0 Å². The molecule has 0 radical (unpaired) electrons. The molecule has 110 valence electrons. The summed E-state index contributed by atoms with van der Waals surface area (Å²) in [6.45, 7) is 8.73. The molecule has 1 aliphatic heterocycles. The summed E-state index contributed by atoms with van der Waals surface area (Å²) < 4.78 is 5.45. The highest BCUT2D eigenvalue weighted by atomic mass is 16.5. The maximum atomic E-state index is 11.4. The van der Waals surface area contributed by atoms with Crippen LogP contribution >= 0.6 is 0 Å². The van der Waals surface area contributed by atoms with Gasteiger partial charge in [-0.25, -0.2) is 0 Å². The Hall–Kier alpha value is -0.610. The highest BCUT2D eigenvalue weighted by Crippen LogP contribution is 2.41. The van der Waals surface area contributed by atoms with Gasteiger partial charge in [-0.05, 0) is 37.6 Å². The van der Waals surface area contributed by atoms with Gasteiger partial charge in [0.05, 0.1) is 19.1 Å². The summed E-state index contributed by atoms with van der Waals surface area (Å²) in [4.78, 5) is 13.8. The predicted octanol–water partition coefficient (Wildman–Crippen LogP) is 2.38. The van der Waals surface area contributed by atoms with Gasteiger partial charge in [0, 0.05) is 12.1 Å². The van der Waals surface area contributed by atoms with Gasteiger partial charge < -0.3 is 9.84 Å². The Morgan fingerprint density at radius 2 is 2.16 bits per heavy atom. The Balaban J connectivity index is 2.09. The SMILES string of the molecule is CCCN(C1CCC(C)(C)C1)C1COCC1C(=O)O. The summed E-state index contributed by atoms with van der Waals surface area (Å²) in [6.07, 6.45) is 4.68. The van der Waals surface area contributed by atoms with E-state index < -0.39 is 5.97 Å². The molecule has 2 fully saturated rings. The third-order valence-corrected chi connectivity index (χ3v) is 4.69. The number of carboxylic acid groups (broad SMARTS) is 1. The monoisotopic (exact) mass is 269 g/mol. The average molecular weight is 269 g/mol. The van der Waals surface area contributed by atoms with Crippen LogP contribution in [0.4, 0.5) is 0 Å². The molecule has 1 saturated carbocycles. The van der Waals surface area contributed by atoms with Crippen molar-refractivity contribution in [1.82, 2.24) is 4.90 Å². The van der Waals surface area contributed by atoms with E-state index in [4.69, 9.17) is 4.74 Å². The minimum Gasteiger partial charge on any atom is -0.481 e. The first-order chi connectivity index (χ1) is 8.94. The number of rotatable bonds is 5. The molecule has 1 aliphatic carbocycles. The van der Waals surface area contributed by atoms with Crippen LogP contribution in [-0.2, 0) is 9.53 Å². The maximum Gasteiger partial charge on any atom is 0.310 e. The molecule has 0 aromatic rings. The molecule has 0 aromatic heterocycles. The first-order valence-corrected chi connectivity index (χ1v) is 7.51. The molecule has 4 heteroatoms. The van der Waals surface area contributed by atoms with Crippen LogP contribution in [0.3, 0.4) is 0 Å². The van der Waals surface area contributed by atoms with E-state index in [9.17, 15) is 9.90 Å². The van der Waals surface area contributed by atoms with Gasteiger partial charge in [-0.1, -0.05) is 20.8 Å². The summed E-state index contributed by atoms with van der Waals surface area (Å²) in [6, 6.07) is 0.597. The van der Waals surface area contributed by atoms with Gasteiger partial charge >= 0.3 is 5.97 Å². The molecule has 2 aliphatic rings. The lowest BCUT2D eigenvalue weighted by atomic mass is 9.91. The molecule has 1 N–H and O–H groups in total. The summed E-state index contributed by atoms with van der Waals surface area (Å²) in [7, 11) is 0. The molecule has 0 bridgehead atoms. The third kappa shape index (κ3) is 3.29. The molecule has 3 atom stereocenters. The van der Waals surface area contributed by atoms with Crippen LogP contribution in [0, 0.1) is 11.3 Å². The largest absolute Gasteiger partial charge is 0.481 e. The molecule has 3 unspecified atom stereocenters. The van der Waals surface area contributed by atoms with Crippen LogP contribution in [0.1, 0.15) is 46.5 Å². The number of hydrogen-bond donors (Lipinski definition) is 1. The van der Waals surface area contributed by atoms with E-state index in [2.05, 4.69) is 25.7 Å². The molecule has 19 heavy (non-hydrogen) atoms. The second-order valence-corrected chi connectivity index (χ2v) is 6.85. The van der Waals surface area contributed by atoms with Crippen molar-refractivity contribution in [3.63, 3.8) is 0 Å². The predicted molar refractivity (Wildman–Crippen MR) is 74.1 cm³/mol. The number of aliphatic carboxylic acids is 1. The second kappa shape index (κ2) is 5.80. The zero-order chi connectivity index (χ0) is 14.0. The van der Waals surface area contributed by atoms with Gasteiger partial charge in [0.2, 0.25) is 0 Å². The minimum absolute atomic E-state index is 0.0661. The normalized spacial score (nSPS) is 34.0. The van der Waals surface area contributed by atoms with Crippen LogP contribution in [-0.4, -0.2) is 47.8 Å². The molecule has 0 amide bonds. The molecule has 1 saturated heterocycles. The molecule has 4 nitrogen and oxygen atoms in total. The van der Waals surface area contributed by atoms with Crippen LogP contribution in [0.25, 0.3) is 0 Å². The van der Waals surface area contributed by atoms with Crippen LogP contribution in [0.15, 0.2) is 0 Å². The third-order valence-electron chi connectivity index (χ3n) is 4.69. The summed E-state index contributed by atoms with van der Waals surface area (Å²) >= 11 is 0. The Bertz CT molecular complexity index is 329. The van der Waals surface area contributed by atoms with E-state index in [-0.39, 0.29) is 12.0 Å². The molecule has 0 aromatic carbocycles. The van der Waals surface area contributed by atoms with E-state index in [1.807, 2.05) is 0 Å². The standard InChI is InChI=1S/C15H27NO3/c1-4-7-16(11-5-6-15(2,3)8-11)13-10-19-9-12(13)14(17)18/h11-13H,4-10H2,1-3H3,(H,17,18). The number of hydrogen-bond acceptors (Lipinski definition) is 3. The van der Waals surface area contributed by atoms with Gasteiger partial charge in [-0.2, -0.15) is 0 Å². The molecule has 2 rings (SSSR count). The van der Waals surface area contributed by atoms with E-state index in [1.165, 1.54) is 19.3 Å². The van der Waals surface area contributed by atoms with Crippen molar-refractivity contribution in [1.29, 1.82) is 0 Å². The van der Waals surface area contributed by atoms with E-state index >= 15 is 0 Å². The maximum absolute atomic E-state index is 11.4. The summed E-state index contributed by atoms with van der Waals surface area (Å²) in [5.41, 5.74) is 0.398. The quantitative estimate of drug-likeness (QED) is 0.832. The fourth-order valence-corrected chi connectivity index (χ4v) is 3.67. The highest BCUT2D eigenvalue weighted by molar-refractivity contribution is 5.71. The van der Waals surface area contributed by atoms with Crippen molar-refractivity contribution in [3.05, 3.63) is 0 Å². The van der Waals surface area contributed by atoms with Gasteiger partial charge in [0.1, 0.15) is 0 Å². The van der Waals surface area contributed by atoms with Gasteiger partial charge in [0.25, 0.3) is 0 Å². The zero-order valence-electron chi connectivity index (χ0n) is 12.4. The fraction of sp³-hybridized carbons (Fsp3) is 0.933. The number of carbonyl (C=O) groups is 1. The lowest BCUT2D eigenvalue weighted by Crippen LogP contribution is -2.48. The average Bonchev–Trinajstić information content (AvgIpc) is 2.92. The van der Waals surface area contributed by atoms with Gasteiger partial charge in [-0.15, -0.1) is 0 Å². The molecule has 0 spiro atoms. The molecular weight excluding hydrogens is 242 g/mol. The first-order valence-electron chi connectivity index (χ1n) is 7.51. The first kappa shape index (κ1) is 14.8. The van der Waals surface area contributed by atoms with Crippen molar-refractivity contribution in [2.45, 2.75) is 58.5 Å². The van der Waals surface area contributed by atoms with Crippen LogP contribution in [0.5, 0.6) is 0 Å². The number of nitrogens with zero attached hydrogens (tertiary/aromatic N) is 1. The van der Waals surface area contributed by atoms with Crippen molar-refractivity contribution >= 4 is 5.97 Å². The lowest BCUT2D eigenvalue weighted by molar-refractivity contribution is -0.143. The number of ether oxygens (including phenoxy) is 1. The van der Waals surface area contributed by atoms with Crippen molar-refractivity contribution in [2.24, 2.45) is 11.3 Å². The number of carboxylic acids is 1. The van der Waals surface area contributed by atoms with Crippen molar-refractivity contribution in [2.75, 3.05) is 19.8 Å². The zero-order valence-corrected chi connectivity index (χ0v) is 12.4. The van der Waals surface area contributed by atoms with Crippen LogP contribution in [0.2, 0.25) is 0 Å². The second-order valence-electron chi connectivity index (χ2n) is 6.85. The van der Waals surface area contributed by atoms with Crippen LogP contribution < -0.4 is 0 Å². The van der Waals surface area contributed by atoms with Gasteiger partial charge in [0.15, 0.2) is 0 Å². The molecular formula is C15H27NO3. The van der Waals surface area contributed by atoms with Gasteiger partial charge in [-0.3, -0.25) is 9.69 Å². The Kier molecular flexibility index (Phi) is 4.51. The lowest BCUT2D eigenvalue weighted by Gasteiger charge is -2.36. The topological polar surface area (TPSA) is 49.8 Å². The smallest absolute Gasteiger partial charge is 0.310 e. The fourth-order valence-electron chi connectivity index (χ4n) is 3.67. The Morgan fingerprint density at radius 3 is 2.68 bits per heavy atom. The summed E-state index contributed by atoms with van der Waals surface area (Å²) in [5, 5.41) is 9.34. The Morgan fingerprint density at radius 1 is 1.42 bits per heavy atom. The Labute approximate surface area is 116 Å². The van der Waals surface area contributed by atoms with E-state index in [0.717, 1.165) is 13.0 Å².